The largest absolute Gasteiger partial charge is 0.497 e. The molecule has 1 fully saturated rings. The number of piperidine rings is 1. The van der Waals surface area contributed by atoms with Gasteiger partial charge in [0, 0.05) is 13.1 Å². The monoisotopic (exact) mass is 354 g/mol. The molecule has 1 aromatic rings. The zero-order valence-corrected chi connectivity index (χ0v) is 15.3. The molecule has 1 N–H and O–H groups in total. The molecule has 1 amide bonds. The van der Waals surface area contributed by atoms with Crippen molar-refractivity contribution in [1.29, 1.82) is 0 Å². The van der Waals surface area contributed by atoms with Crippen molar-refractivity contribution in [2.45, 2.75) is 44.0 Å². The highest BCUT2D eigenvalue weighted by Crippen LogP contribution is 2.18. The number of hydrogen-bond donors (Lipinski definition) is 1. The molecular weight excluding hydrogens is 328 g/mol. The number of carbonyl (C=O) groups excluding carboxylic acids is 1. The maximum atomic E-state index is 12.7. The van der Waals surface area contributed by atoms with Crippen molar-refractivity contribution in [1.82, 2.24) is 9.62 Å². The first kappa shape index (κ1) is 18.7. The van der Waals surface area contributed by atoms with Crippen LogP contribution in [0.4, 0.5) is 0 Å². The Hall–Kier alpha value is -1.60. The maximum Gasteiger partial charge on any atom is 0.241 e. The molecule has 7 heteroatoms. The molecule has 1 heterocycles. The van der Waals surface area contributed by atoms with Crippen LogP contribution in [0.5, 0.6) is 5.75 Å². The van der Waals surface area contributed by atoms with Crippen molar-refractivity contribution in [2.24, 2.45) is 5.92 Å². The molecule has 1 atom stereocenters. The Labute approximate surface area is 144 Å². The maximum absolute atomic E-state index is 12.7. The number of sulfonamides is 1. The number of benzene rings is 1. The smallest absolute Gasteiger partial charge is 0.241 e. The number of amides is 1. The minimum absolute atomic E-state index is 0.125. The molecule has 0 aromatic heterocycles. The molecule has 0 unspecified atom stereocenters. The molecule has 1 aliphatic rings. The number of methoxy groups -OCH3 is 1. The van der Waals surface area contributed by atoms with Gasteiger partial charge in [-0.3, -0.25) is 4.79 Å². The Morgan fingerprint density at radius 3 is 2.21 bits per heavy atom. The van der Waals surface area contributed by atoms with Crippen LogP contribution < -0.4 is 9.46 Å². The summed E-state index contributed by atoms with van der Waals surface area (Å²) in [5.41, 5.74) is 0. The zero-order chi connectivity index (χ0) is 17.7. The van der Waals surface area contributed by atoms with E-state index in [4.69, 9.17) is 4.74 Å². The predicted molar refractivity (Wildman–Crippen MR) is 92.4 cm³/mol. The van der Waals surface area contributed by atoms with Gasteiger partial charge < -0.3 is 9.64 Å². The molecule has 0 aliphatic carbocycles. The van der Waals surface area contributed by atoms with Crippen LogP contribution in [-0.2, 0) is 14.8 Å². The van der Waals surface area contributed by atoms with Crippen LogP contribution in [0.3, 0.4) is 0 Å². The summed E-state index contributed by atoms with van der Waals surface area (Å²) in [5.74, 6) is 0.313. The SMILES string of the molecule is COc1ccc(S(=O)(=O)N[C@H](C(=O)N2CCCCC2)C(C)C)cc1. The van der Waals surface area contributed by atoms with Gasteiger partial charge in [0.15, 0.2) is 0 Å². The van der Waals surface area contributed by atoms with Gasteiger partial charge in [0.05, 0.1) is 12.0 Å². The lowest BCUT2D eigenvalue weighted by Gasteiger charge is -2.32. The summed E-state index contributed by atoms with van der Waals surface area (Å²) in [7, 11) is -2.24. The van der Waals surface area contributed by atoms with E-state index in [9.17, 15) is 13.2 Å². The fourth-order valence-corrected chi connectivity index (χ4v) is 4.11. The second-order valence-corrected chi connectivity index (χ2v) is 8.12. The van der Waals surface area contributed by atoms with E-state index in [0.717, 1.165) is 19.3 Å². The second-order valence-electron chi connectivity index (χ2n) is 6.40. The molecule has 134 valence electrons. The third-order valence-corrected chi connectivity index (χ3v) is 5.71. The molecule has 0 bridgehead atoms. The average molecular weight is 354 g/mol. The van der Waals surface area contributed by atoms with Crippen LogP contribution in [0.15, 0.2) is 29.2 Å². The van der Waals surface area contributed by atoms with Gasteiger partial charge in [-0.15, -0.1) is 0 Å². The van der Waals surface area contributed by atoms with Gasteiger partial charge in [-0.25, -0.2) is 8.42 Å². The Morgan fingerprint density at radius 1 is 1.12 bits per heavy atom. The lowest BCUT2D eigenvalue weighted by Crippen LogP contribution is -2.52. The highest BCUT2D eigenvalue weighted by Gasteiger charge is 2.32. The van der Waals surface area contributed by atoms with E-state index >= 15 is 0 Å². The Balaban J connectivity index is 2.17. The van der Waals surface area contributed by atoms with Crippen molar-refractivity contribution in [3.8, 4) is 5.75 Å². The topological polar surface area (TPSA) is 75.7 Å². The average Bonchev–Trinajstić information content (AvgIpc) is 2.59. The van der Waals surface area contributed by atoms with Gasteiger partial charge in [0.25, 0.3) is 0 Å². The van der Waals surface area contributed by atoms with E-state index in [1.807, 2.05) is 13.8 Å². The first-order valence-corrected chi connectivity index (χ1v) is 9.78. The van der Waals surface area contributed by atoms with Crippen LogP contribution in [-0.4, -0.2) is 45.5 Å². The number of nitrogens with one attached hydrogen (secondary N) is 1. The second kappa shape index (κ2) is 7.98. The van der Waals surface area contributed by atoms with Gasteiger partial charge >= 0.3 is 0 Å². The van der Waals surface area contributed by atoms with Gasteiger partial charge in [-0.1, -0.05) is 13.8 Å². The lowest BCUT2D eigenvalue weighted by molar-refractivity contribution is -0.134. The van der Waals surface area contributed by atoms with Crippen molar-refractivity contribution in [3.63, 3.8) is 0 Å². The van der Waals surface area contributed by atoms with Crippen LogP contribution in [0, 0.1) is 5.92 Å². The van der Waals surface area contributed by atoms with E-state index in [2.05, 4.69) is 4.72 Å². The standard InChI is InChI=1S/C17H26N2O4S/c1-13(2)16(17(20)19-11-5-4-6-12-19)18-24(21,22)15-9-7-14(23-3)8-10-15/h7-10,13,16,18H,4-6,11-12H2,1-3H3/t16-/m0/s1. The number of ether oxygens (including phenoxy) is 1. The zero-order valence-electron chi connectivity index (χ0n) is 14.5. The van der Waals surface area contributed by atoms with Crippen LogP contribution >= 0.6 is 0 Å². The minimum atomic E-state index is -3.77. The Morgan fingerprint density at radius 2 is 1.71 bits per heavy atom. The van der Waals surface area contributed by atoms with E-state index in [0.29, 0.717) is 18.8 Å². The summed E-state index contributed by atoms with van der Waals surface area (Å²) in [6.45, 7) is 5.10. The van der Waals surface area contributed by atoms with Gasteiger partial charge in [-0.05, 0) is 49.4 Å². The summed E-state index contributed by atoms with van der Waals surface area (Å²) in [6, 6.07) is 5.38. The third kappa shape index (κ3) is 4.48. The summed E-state index contributed by atoms with van der Waals surface area (Å²) in [6.07, 6.45) is 3.07. The number of likely N-dealkylation sites (tertiary alicyclic amines) is 1. The van der Waals surface area contributed by atoms with E-state index in [1.165, 1.54) is 19.2 Å². The molecular formula is C17H26N2O4S. The van der Waals surface area contributed by atoms with Crippen molar-refractivity contribution in [2.75, 3.05) is 20.2 Å². The molecule has 1 aliphatic heterocycles. The van der Waals surface area contributed by atoms with Crippen LogP contribution in [0.25, 0.3) is 0 Å². The summed E-state index contributed by atoms with van der Waals surface area (Å²) in [4.78, 5) is 14.6. The number of hydrogen-bond acceptors (Lipinski definition) is 4. The fraction of sp³-hybridized carbons (Fsp3) is 0.588. The normalized spacial score (nSPS) is 16.9. The molecule has 0 saturated carbocycles. The van der Waals surface area contributed by atoms with Crippen molar-refractivity contribution >= 4 is 15.9 Å². The Bertz CT molecular complexity index is 650. The van der Waals surface area contributed by atoms with E-state index in [-0.39, 0.29) is 16.7 Å². The summed E-state index contributed by atoms with van der Waals surface area (Å²) < 4.78 is 32.8. The molecule has 1 aromatic carbocycles. The molecule has 1 saturated heterocycles. The van der Waals surface area contributed by atoms with Crippen molar-refractivity contribution in [3.05, 3.63) is 24.3 Å². The summed E-state index contributed by atoms with van der Waals surface area (Å²) in [5, 5.41) is 0. The van der Waals surface area contributed by atoms with E-state index in [1.54, 1.807) is 17.0 Å². The van der Waals surface area contributed by atoms with Gasteiger partial charge in [0.1, 0.15) is 11.8 Å². The highest BCUT2D eigenvalue weighted by molar-refractivity contribution is 7.89. The minimum Gasteiger partial charge on any atom is -0.497 e. The number of carbonyl (C=O) groups is 1. The highest BCUT2D eigenvalue weighted by atomic mass is 32.2. The van der Waals surface area contributed by atoms with Gasteiger partial charge in [-0.2, -0.15) is 4.72 Å². The number of rotatable bonds is 6. The first-order chi connectivity index (χ1) is 11.3. The molecule has 6 nitrogen and oxygen atoms in total. The van der Waals surface area contributed by atoms with Crippen LogP contribution in [0.1, 0.15) is 33.1 Å². The predicted octanol–water partition coefficient (Wildman–Crippen LogP) is 2.01. The molecule has 24 heavy (non-hydrogen) atoms. The van der Waals surface area contributed by atoms with Gasteiger partial charge in [0.2, 0.25) is 15.9 Å². The molecule has 0 spiro atoms. The lowest BCUT2D eigenvalue weighted by atomic mass is 10.0. The van der Waals surface area contributed by atoms with Crippen LogP contribution in [0.2, 0.25) is 0 Å². The quantitative estimate of drug-likeness (QED) is 0.848. The first-order valence-electron chi connectivity index (χ1n) is 8.30. The van der Waals surface area contributed by atoms with E-state index < -0.39 is 16.1 Å². The molecule has 0 radical (unpaired) electrons. The third-order valence-electron chi connectivity index (χ3n) is 4.25. The molecule has 2 rings (SSSR count). The summed E-state index contributed by atoms with van der Waals surface area (Å²) >= 11 is 0. The fourth-order valence-electron chi connectivity index (χ4n) is 2.77. The Kier molecular flexibility index (Phi) is 6.23. The number of nitrogens with zero attached hydrogens (tertiary/aromatic N) is 1. The van der Waals surface area contributed by atoms with Crippen molar-refractivity contribution < 1.29 is 17.9 Å².